The van der Waals surface area contributed by atoms with Crippen LogP contribution in [0.1, 0.15) is 21.8 Å². The fourth-order valence-electron chi connectivity index (χ4n) is 1.92. The zero-order valence-corrected chi connectivity index (χ0v) is 9.97. The van der Waals surface area contributed by atoms with Crippen LogP contribution in [-0.2, 0) is 6.42 Å². The second-order valence-corrected chi connectivity index (χ2v) is 4.26. The Kier molecular flexibility index (Phi) is 2.83. The average Bonchev–Trinajstić information content (AvgIpc) is 2.82. The van der Waals surface area contributed by atoms with Gasteiger partial charge in [0.1, 0.15) is 17.6 Å². The summed E-state index contributed by atoms with van der Waals surface area (Å²) in [6.45, 7) is 0. The summed E-state index contributed by atoms with van der Waals surface area (Å²) in [5.74, 6) is 0.279. The zero-order chi connectivity index (χ0) is 13.2. The summed E-state index contributed by atoms with van der Waals surface area (Å²) in [5, 5.41) is 0. The highest BCUT2D eigenvalue weighted by atomic mass is 19.1. The van der Waals surface area contributed by atoms with Crippen LogP contribution in [0, 0.1) is 5.82 Å². The molecule has 0 atom stereocenters. The quantitative estimate of drug-likeness (QED) is 0.674. The first-order chi connectivity index (χ1) is 9.24. The summed E-state index contributed by atoms with van der Waals surface area (Å²) in [6.07, 6.45) is 1.26. The third-order valence-corrected chi connectivity index (χ3v) is 2.86. The molecule has 0 unspecified atom stereocenters. The van der Waals surface area contributed by atoms with Crippen LogP contribution < -0.4 is 0 Å². The highest BCUT2D eigenvalue weighted by Gasteiger charge is 2.07. The van der Waals surface area contributed by atoms with Gasteiger partial charge < -0.3 is 4.42 Å². The lowest BCUT2D eigenvalue weighted by Crippen LogP contribution is -1.88. The van der Waals surface area contributed by atoms with E-state index in [1.54, 1.807) is 30.3 Å². The van der Waals surface area contributed by atoms with Crippen molar-refractivity contribution in [2.45, 2.75) is 6.42 Å². The molecule has 0 N–H and O–H groups in total. The molecular weight excluding hydrogens is 245 g/mol. The van der Waals surface area contributed by atoms with Crippen molar-refractivity contribution >= 4 is 17.4 Å². The maximum Gasteiger partial charge on any atom is 0.199 e. The SMILES string of the molecule is O=Cc1ccc2oc(Cc3ccc(F)cc3)nc2c1. The van der Waals surface area contributed by atoms with Crippen molar-refractivity contribution in [2.24, 2.45) is 0 Å². The molecular formula is C15H10FNO2. The van der Waals surface area contributed by atoms with Gasteiger partial charge in [-0.1, -0.05) is 12.1 Å². The molecule has 0 bridgehead atoms. The maximum absolute atomic E-state index is 12.8. The van der Waals surface area contributed by atoms with E-state index < -0.39 is 0 Å². The summed E-state index contributed by atoms with van der Waals surface area (Å²) in [6, 6.07) is 11.3. The second-order valence-electron chi connectivity index (χ2n) is 4.26. The third-order valence-electron chi connectivity index (χ3n) is 2.86. The number of aromatic nitrogens is 1. The molecule has 0 amide bonds. The van der Waals surface area contributed by atoms with Gasteiger partial charge in [-0.25, -0.2) is 9.37 Å². The molecule has 0 aliphatic heterocycles. The highest BCUT2D eigenvalue weighted by Crippen LogP contribution is 2.19. The molecule has 1 heterocycles. The van der Waals surface area contributed by atoms with E-state index in [0.29, 0.717) is 29.0 Å². The van der Waals surface area contributed by atoms with Gasteiger partial charge in [-0.2, -0.15) is 0 Å². The Morgan fingerprint density at radius 3 is 2.68 bits per heavy atom. The van der Waals surface area contributed by atoms with Crippen LogP contribution >= 0.6 is 0 Å². The number of fused-ring (bicyclic) bond motifs is 1. The molecule has 1 aromatic heterocycles. The average molecular weight is 255 g/mol. The predicted octanol–water partition coefficient (Wildman–Crippen LogP) is 3.37. The topological polar surface area (TPSA) is 43.1 Å². The van der Waals surface area contributed by atoms with Crippen molar-refractivity contribution in [2.75, 3.05) is 0 Å². The number of aldehydes is 1. The van der Waals surface area contributed by atoms with E-state index in [-0.39, 0.29) is 5.82 Å². The number of carbonyl (C=O) groups is 1. The Labute approximate surface area is 108 Å². The van der Waals surface area contributed by atoms with Crippen molar-refractivity contribution in [3.63, 3.8) is 0 Å². The first-order valence-electron chi connectivity index (χ1n) is 5.84. The van der Waals surface area contributed by atoms with Gasteiger partial charge in [0, 0.05) is 12.0 Å². The fraction of sp³-hybridized carbons (Fsp3) is 0.0667. The maximum atomic E-state index is 12.8. The molecule has 0 fully saturated rings. The van der Waals surface area contributed by atoms with Crippen LogP contribution in [0.2, 0.25) is 0 Å². The summed E-state index contributed by atoms with van der Waals surface area (Å²) >= 11 is 0. The lowest BCUT2D eigenvalue weighted by Gasteiger charge is -1.96. The fourth-order valence-corrected chi connectivity index (χ4v) is 1.92. The van der Waals surface area contributed by atoms with Crippen molar-refractivity contribution in [3.8, 4) is 0 Å². The van der Waals surface area contributed by atoms with E-state index in [1.807, 2.05) is 0 Å². The molecule has 94 valence electrons. The standard InChI is InChI=1S/C15H10FNO2/c16-12-4-1-10(2-5-12)8-15-17-13-7-11(9-18)3-6-14(13)19-15/h1-7,9H,8H2. The molecule has 19 heavy (non-hydrogen) atoms. The van der Waals surface area contributed by atoms with Crippen LogP contribution in [0.4, 0.5) is 4.39 Å². The minimum atomic E-state index is -0.267. The van der Waals surface area contributed by atoms with Gasteiger partial charge in [0.15, 0.2) is 11.5 Å². The number of carbonyl (C=O) groups excluding carboxylic acids is 1. The van der Waals surface area contributed by atoms with E-state index in [4.69, 9.17) is 4.42 Å². The number of hydrogen-bond donors (Lipinski definition) is 0. The smallest absolute Gasteiger partial charge is 0.199 e. The third kappa shape index (κ3) is 2.38. The van der Waals surface area contributed by atoms with Crippen molar-refractivity contribution in [1.82, 2.24) is 4.98 Å². The van der Waals surface area contributed by atoms with Crippen molar-refractivity contribution in [1.29, 1.82) is 0 Å². The number of nitrogens with zero attached hydrogens (tertiary/aromatic N) is 1. The Balaban J connectivity index is 1.92. The Hall–Kier alpha value is -2.49. The normalized spacial score (nSPS) is 10.8. The number of halogens is 1. The molecule has 0 aliphatic carbocycles. The van der Waals surface area contributed by atoms with E-state index in [1.165, 1.54) is 12.1 Å². The minimum absolute atomic E-state index is 0.267. The molecule has 0 spiro atoms. The first-order valence-corrected chi connectivity index (χ1v) is 5.84. The van der Waals surface area contributed by atoms with Gasteiger partial charge >= 0.3 is 0 Å². The number of hydrogen-bond acceptors (Lipinski definition) is 3. The highest BCUT2D eigenvalue weighted by molar-refractivity contribution is 5.83. The zero-order valence-electron chi connectivity index (χ0n) is 9.97. The summed E-state index contributed by atoms with van der Waals surface area (Å²) in [7, 11) is 0. The molecule has 3 aromatic rings. The Bertz CT molecular complexity index is 731. The summed E-state index contributed by atoms with van der Waals surface area (Å²) in [4.78, 5) is 15.0. The van der Waals surface area contributed by atoms with Crippen LogP contribution in [0.3, 0.4) is 0 Å². The monoisotopic (exact) mass is 255 g/mol. The Morgan fingerprint density at radius 2 is 1.95 bits per heavy atom. The van der Waals surface area contributed by atoms with Crippen molar-refractivity contribution < 1.29 is 13.6 Å². The van der Waals surface area contributed by atoms with Gasteiger partial charge in [-0.3, -0.25) is 4.79 Å². The van der Waals surface area contributed by atoms with E-state index >= 15 is 0 Å². The molecule has 0 radical (unpaired) electrons. The van der Waals surface area contributed by atoms with Gasteiger partial charge in [0.05, 0.1) is 0 Å². The summed E-state index contributed by atoms with van der Waals surface area (Å²) in [5.41, 5.74) is 2.78. The molecule has 0 aliphatic rings. The molecule has 3 nitrogen and oxygen atoms in total. The number of benzene rings is 2. The van der Waals surface area contributed by atoms with E-state index in [0.717, 1.165) is 11.8 Å². The van der Waals surface area contributed by atoms with Gasteiger partial charge in [-0.15, -0.1) is 0 Å². The van der Waals surface area contributed by atoms with Gasteiger partial charge in [0.2, 0.25) is 0 Å². The van der Waals surface area contributed by atoms with Gasteiger partial charge in [-0.05, 0) is 35.9 Å². The van der Waals surface area contributed by atoms with Crippen molar-refractivity contribution in [3.05, 3.63) is 65.3 Å². The van der Waals surface area contributed by atoms with E-state index in [9.17, 15) is 9.18 Å². The van der Waals surface area contributed by atoms with Crippen LogP contribution in [0.5, 0.6) is 0 Å². The van der Waals surface area contributed by atoms with Gasteiger partial charge in [0.25, 0.3) is 0 Å². The summed E-state index contributed by atoms with van der Waals surface area (Å²) < 4.78 is 18.4. The minimum Gasteiger partial charge on any atom is -0.440 e. The van der Waals surface area contributed by atoms with E-state index in [2.05, 4.69) is 4.98 Å². The number of rotatable bonds is 3. The largest absolute Gasteiger partial charge is 0.440 e. The molecule has 4 heteroatoms. The number of oxazole rings is 1. The first kappa shape index (κ1) is 11.6. The lowest BCUT2D eigenvalue weighted by molar-refractivity contribution is 0.112. The molecule has 3 rings (SSSR count). The second kappa shape index (κ2) is 4.65. The molecule has 2 aromatic carbocycles. The van der Waals surface area contributed by atoms with Crippen LogP contribution in [-0.4, -0.2) is 11.3 Å². The van der Waals surface area contributed by atoms with Crippen LogP contribution in [0.25, 0.3) is 11.1 Å². The molecule has 0 saturated carbocycles. The Morgan fingerprint density at radius 1 is 1.16 bits per heavy atom. The predicted molar refractivity (Wildman–Crippen MR) is 68.6 cm³/mol. The lowest BCUT2D eigenvalue weighted by atomic mass is 10.1. The molecule has 0 saturated heterocycles. The van der Waals surface area contributed by atoms with Crippen LogP contribution in [0.15, 0.2) is 46.9 Å².